The summed E-state index contributed by atoms with van der Waals surface area (Å²) < 4.78 is 5.29. The first-order valence-corrected chi connectivity index (χ1v) is 6.96. The fraction of sp³-hybridized carbons (Fsp3) is 0.333. The molecule has 1 aromatic heterocycles. The number of hydrogen-bond donors (Lipinski definition) is 1. The molecule has 7 heteroatoms. The van der Waals surface area contributed by atoms with E-state index in [0.717, 1.165) is 0 Å². The normalized spacial score (nSPS) is 18.4. The lowest BCUT2D eigenvalue weighted by Gasteiger charge is -2.34. The second kappa shape index (κ2) is 6.07. The Kier molecular flexibility index (Phi) is 3.97. The predicted octanol–water partition coefficient (Wildman–Crippen LogP) is 0.945. The van der Waals surface area contributed by atoms with Crippen molar-refractivity contribution < 1.29 is 19.4 Å². The summed E-state index contributed by atoms with van der Waals surface area (Å²) in [5, 5.41) is 8.97. The minimum Gasteiger partial charge on any atom is -0.481 e. The maximum atomic E-state index is 12.7. The number of ether oxygens (including phenoxy) is 1. The smallest absolute Gasteiger partial charge is 0.305 e. The van der Waals surface area contributed by atoms with Gasteiger partial charge in [0, 0.05) is 24.5 Å². The zero-order valence-electron chi connectivity index (χ0n) is 11.8. The first-order chi connectivity index (χ1) is 10.6. The van der Waals surface area contributed by atoms with Gasteiger partial charge in [-0.15, -0.1) is 0 Å². The van der Waals surface area contributed by atoms with E-state index < -0.39 is 12.0 Å². The van der Waals surface area contributed by atoms with Crippen molar-refractivity contribution in [3.05, 3.63) is 36.2 Å². The van der Waals surface area contributed by atoms with Crippen LogP contribution in [0.2, 0.25) is 0 Å². The minimum absolute atomic E-state index is 0.126. The van der Waals surface area contributed by atoms with Crippen molar-refractivity contribution in [3.63, 3.8) is 0 Å². The summed E-state index contributed by atoms with van der Waals surface area (Å²) in [6.45, 7) is 1.04. The highest BCUT2D eigenvalue weighted by molar-refractivity contribution is 5.97. The lowest BCUT2D eigenvalue weighted by molar-refractivity contribution is -0.139. The number of carboxylic acids is 1. The Morgan fingerprint density at radius 2 is 2.05 bits per heavy atom. The van der Waals surface area contributed by atoms with E-state index >= 15 is 0 Å². The van der Waals surface area contributed by atoms with Crippen molar-refractivity contribution in [1.29, 1.82) is 0 Å². The topological polar surface area (TPSA) is 92.6 Å². The van der Waals surface area contributed by atoms with Gasteiger partial charge in [-0.25, -0.2) is 0 Å². The number of fused-ring (bicyclic) bond motifs is 1. The Hall–Kier alpha value is -2.54. The Balaban J connectivity index is 1.87. The summed E-state index contributed by atoms with van der Waals surface area (Å²) in [5.74, 6) is -1.15. The average molecular weight is 301 g/mol. The van der Waals surface area contributed by atoms with Crippen molar-refractivity contribution in [2.24, 2.45) is 0 Å². The van der Waals surface area contributed by atoms with Gasteiger partial charge in [0.25, 0.3) is 5.91 Å². The van der Waals surface area contributed by atoms with E-state index in [-0.39, 0.29) is 18.9 Å². The monoisotopic (exact) mass is 301 g/mol. The molecule has 1 aromatic carbocycles. The van der Waals surface area contributed by atoms with Gasteiger partial charge in [-0.05, 0) is 18.2 Å². The van der Waals surface area contributed by atoms with Crippen molar-refractivity contribution in [3.8, 4) is 0 Å². The molecule has 3 rings (SSSR count). The van der Waals surface area contributed by atoms with Crippen LogP contribution in [0.4, 0.5) is 0 Å². The second-order valence-electron chi connectivity index (χ2n) is 5.08. The quantitative estimate of drug-likeness (QED) is 0.907. The summed E-state index contributed by atoms with van der Waals surface area (Å²) in [6.07, 6.45) is 3.03. The molecule has 114 valence electrons. The van der Waals surface area contributed by atoms with E-state index in [2.05, 4.69) is 9.97 Å². The third-order valence-electron chi connectivity index (χ3n) is 3.61. The molecule has 2 heterocycles. The Bertz CT molecular complexity index is 719. The molecule has 0 spiro atoms. The number of amides is 1. The number of aromatic nitrogens is 2. The van der Waals surface area contributed by atoms with Crippen LogP contribution in [0.1, 0.15) is 16.8 Å². The van der Waals surface area contributed by atoms with Crippen LogP contribution in [0.3, 0.4) is 0 Å². The molecule has 1 N–H and O–H groups in total. The van der Waals surface area contributed by atoms with Crippen LogP contribution in [-0.4, -0.2) is 57.7 Å². The van der Waals surface area contributed by atoms with Gasteiger partial charge in [-0.1, -0.05) is 0 Å². The maximum absolute atomic E-state index is 12.7. The van der Waals surface area contributed by atoms with E-state index in [0.29, 0.717) is 29.7 Å². The third-order valence-corrected chi connectivity index (χ3v) is 3.61. The molecule has 0 aliphatic carbocycles. The molecule has 1 atom stereocenters. The summed E-state index contributed by atoms with van der Waals surface area (Å²) in [5.41, 5.74) is 1.82. The van der Waals surface area contributed by atoms with Crippen molar-refractivity contribution >= 4 is 22.9 Å². The van der Waals surface area contributed by atoms with Gasteiger partial charge in [-0.3, -0.25) is 19.6 Å². The standard InChI is InChI=1S/C15H15N3O4/c19-14(20)8-11-9-22-6-5-18(11)15(21)10-1-2-12-13(7-10)17-4-3-16-12/h1-4,7,11H,5-6,8-9H2,(H,19,20). The maximum Gasteiger partial charge on any atom is 0.305 e. The average Bonchev–Trinajstić information content (AvgIpc) is 2.54. The molecule has 22 heavy (non-hydrogen) atoms. The fourth-order valence-electron chi connectivity index (χ4n) is 2.56. The van der Waals surface area contributed by atoms with Crippen LogP contribution in [0.25, 0.3) is 11.0 Å². The summed E-state index contributed by atoms with van der Waals surface area (Å²) in [6, 6.07) is 4.66. The van der Waals surface area contributed by atoms with E-state index in [4.69, 9.17) is 9.84 Å². The molecular formula is C15H15N3O4. The number of carbonyl (C=O) groups is 2. The van der Waals surface area contributed by atoms with Gasteiger partial charge >= 0.3 is 5.97 Å². The van der Waals surface area contributed by atoms with E-state index in [1.807, 2.05) is 0 Å². The largest absolute Gasteiger partial charge is 0.481 e. The van der Waals surface area contributed by atoms with Gasteiger partial charge in [0.2, 0.25) is 0 Å². The summed E-state index contributed by atoms with van der Waals surface area (Å²) in [7, 11) is 0. The molecule has 0 saturated carbocycles. The molecule has 0 bridgehead atoms. The van der Waals surface area contributed by atoms with Gasteiger partial charge in [0.05, 0.1) is 36.7 Å². The van der Waals surface area contributed by atoms with Crippen molar-refractivity contribution in [2.75, 3.05) is 19.8 Å². The number of aliphatic carboxylic acids is 1. The van der Waals surface area contributed by atoms with Gasteiger partial charge in [0.1, 0.15) is 0 Å². The van der Waals surface area contributed by atoms with Crippen molar-refractivity contribution in [2.45, 2.75) is 12.5 Å². The first kappa shape index (κ1) is 14.4. The van der Waals surface area contributed by atoms with Crippen LogP contribution < -0.4 is 0 Å². The zero-order chi connectivity index (χ0) is 15.5. The van der Waals surface area contributed by atoms with Crippen LogP contribution in [0, 0.1) is 0 Å². The molecule has 1 saturated heterocycles. The lowest BCUT2D eigenvalue weighted by Crippen LogP contribution is -2.49. The molecule has 1 aliphatic heterocycles. The molecule has 0 radical (unpaired) electrons. The Morgan fingerprint density at radius 3 is 2.82 bits per heavy atom. The molecule has 7 nitrogen and oxygen atoms in total. The minimum atomic E-state index is -0.947. The van der Waals surface area contributed by atoms with E-state index in [1.165, 1.54) is 0 Å². The van der Waals surface area contributed by atoms with Gasteiger partial charge < -0.3 is 14.7 Å². The molecule has 1 aliphatic rings. The highest BCUT2D eigenvalue weighted by Gasteiger charge is 2.29. The number of hydrogen-bond acceptors (Lipinski definition) is 5. The lowest BCUT2D eigenvalue weighted by atomic mass is 10.1. The predicted molar refractivity (Wildman–Crippen MR) is 77.4 cm³/mol. The number of carboxylic acid groups (broad SMARTS) is 1. The third kappa shape index (κ3) is 2.89. The van der Waals surface area contributed by atoms with Crippen LogP contribution >= 0.6 is 0 Å². The highest BCUT2D eigenvalue weighted by Crippen LogP contribution is 2.17. The number of nitrogens with zero attached hydrogens (tertiary/aromatic N) is 3. The van der Waals surface area contributed by atoms with Crippen LogP contribution in [0.5, 0.6) is 0 Å². The van der Waals surface area contributed by atoms with E-state index in [9.17, 15) is 9.59 Å². The molecule has 1 fully saturated rings. The molecule has 1 amide bonds. The molecular weight excluding hydrogens is 286 g/mol. The number of rotatable bonds is 3. The number of benzene rings is 1. The number of morpholine rings is 1. The van der Waals surface area contributed by atoms with E-state index in [1.54, 1.807) is 35.5 Å². The van der Waals surface area contributed by atoms with Crippen LogP contribution in [-0.2, 0) is 9.53 Å². The van der Waals surface area contributed by atoms with Gasteiger partial charge in [0.15, 0.2) is 0 Å². The second-order valence-corrected chi connectivity index (χ2v) is 5.08. The van der Waals surface area contributed by atoms with Gasteiger partial charge in [-0.2, -0.15) is 0 Å². The summed E-state index contributed by atoms with van der Waals surface area (Å²) >= 11 is 0. The fourth-order valence-corrected chi connectivity index (χ4v) is 2.56. The first-order valence-electron chi connectivity index (χ1n) is 6.96. The SMILES string of the molecule is O=C(O)CC1COCCN1C(=O)c1ccc2nccnc2c1. The molecule has 1 unspecified atom stereocenters. The summed E-state index contributed by atoms with van der Waals surface area (Å²) in [4.78, 5) is 33.5. The Labute approximate surface area is 126 Å². The zero-order valence-corrected chi connectivity index (χ0v) is 11.8. The Morgan fingerprint density at radius 1 is 1.27 bits per heavy atom. The highest BCUT2D eigenvalue weighted by atomic mass is 16.5. The molecule has 2 aromatic rings. The number of carbonyl (C=O) groups excluding carboxylic acids is 1. The van der Waals surface area contributed by atoms with Crippen LogP contribution in [0.15, 0.2) is 30.6 Å². The van der Waals surface area contributed by atoms with Crippen molar-refractivity contribution in [1.82, 2.24) is 14.9 Å².